The highest BCUT2D eigenvalue weighted by Gasteiger charge is 2.02. The average molecular weight is 249 g/mol. The standard InChI is InChI=1S/C12H19N5O/c1-3-4-9-17(2)16-15-11-7-5-10(6-8-11)12(18)14-13/h5-8H,3-4,9,13H2,1-2H3,(H,14,18). The van der Waals surface area contributed by atoms with Gasteiger partial charge in [0.25, 0.3) is 5.91 Å². The van der Waals surface area contributed by atoms with Crippen molar-refractivity contribution in [1.82, 2.24) is 10.4 Å². The third-order valence-electron chi connectivity index (χ3n) is 2.41. The van der Waals surface area contributed by atoms with E-state index < -0.39 is 0 Å². The molecule has 1 amide bonds. The summed E-state index contributed by atoms with van der Waals surface area (Å²) >= 11 is 0. The fourth-order valence-corrected chi connectivity index (χ4v) is 1.32. The molecule has 1 rings (SSSR count). The molecule has 0 saturated carbocycles. The van der Waals surface area contributed by atoms with Gasteiger partial charge in [0.2, 0.25) is 0 Å². The van der Waals surface area contributed by atoms with Gasteiger partial charge in [-0.15, -0.1) is 5.11 Å². The van der Waals surface area contributed by atoms with Crippen molar-refractivity contribution in [2.75, 3.05) is 13.6 Å². The van der Waals surface area contributed by atoms with Crippen LogP contribution in [0.15, 0.2) is 34.6 Å². The highest BCUT2D eigenvalue weighted by Crippen LogP contribution is 2.13. The summed E-state index contributed by atoms with van der Waals surface area (Å²) in [5, 5.41) is 9.93. The molecule has 0 spiro atoms. The summed E-state index contributed by atoms with van der Waals surface area (Å²) in [5.74, 6) is 4.72. The molecule has 0 atom stereocenters. The van der Waals surface area contributed by atoms with Crippen LogP contribution in [0.2, 0.25) is 0 Å². The smallest absolute Gasteiger partial charge is 0.265 e. The van der Waals surface area contributed by atoms with E-state index in [1.54, 1.807) is 29.3 Å². The number of hydrazine groups is 1. The summed E-state index contributed by atoms with van der Waals surface area (Å²) in [6.45, 7) is 3.01. The van der Waals surface area contributed by atoms with Crippen LogP contribution < -0.4 is 11.3 Å². The molecular weight excluding hydrogens is 230 g/mol. The van der Waals surface area contributed by atoms with Crippen LogP contribution in [0.4, 0.5) is 5.69 Å². The Morgan fingerprint density at radius 3 is 2.61 bits per heavy atom. The van der Waals surface area contributed by atoms with Gasteiger partial charge in [-0.05, 0) is 30.7 Å². The maximum atomic E-state index is 11.2. The van der Waals surface area contributed by atoms with E-state index in [0.717, 1.165) is 19.4 Å². The first-order chi connectivity index (χ1) is 8.67. The number of amides is 1. The van der Waals surface area contributed by atoms with Gasteiger partial charge in [-0.2, -0.15) is 0 Å². The number of carbonyl (C=O) groups excluding carboxylic acids is 1. The van der Waals surface area contributed by atoms with E-state index >= 15 is 0 Å². The van der Waals surface area contributed by atoms with Crippen LogP contribution in [0.3, 0.4) is 0 Å². The second-order valence-electron chi connectivity index (χ2n) is 3.94. The molecule has 3 N–H and O–H groups in total. The summed E-state index contributed by atoms with van der Waals surface area (Å²) in [4.78, 5) is 11.2. The lowest BCUT2D eigenvalue weighted by atomic mass is 10.2. The minimum Gasteiger partial charge on any atom is -0.290 e. The van der Waals surface area contributed by atoms with Crippen LogP contribution in [-0.4, -0.2) is 24.5 Å². The number of nitrogens with one attached hydrogen (secondary N) is 1. The number of hydrogen-bond acceptors (Lipinski definition) is 4. The number of nitrogens with zero attached hydrogens (tertiary/aromatic N) is 3. The van der Waals surface area contributed by atoms with Crippen LogP contribution in [-0.2, 0) is 0 Å². The number of rotatable bonds is 6. The Hall–Kier alpha value is -1.95. The van der Waals surface area contributed by atoms with Crippen molar-refractivity contribution < 1.29 is 4.79 Å². The lowest BCUT2D eigenvalue weighted by Crippen LogP contribution is -2.29. The molecule has 0 heterocycles. The van der Waals surface area contributed by atoms with Crippen LogP contribution in [0.25, 0.3) is 0 Å². The van der Waals surface area contributed by atoms with Crippen LogP contribution in [0.5, 0.6) is 0 Å². The first-order valence-electron chi connectivity index (χ1n) is 5.91. The Morgan fingerprint density at radius 1 is 1.39 bits per heavy atom. The molecular formula is C12H19N5O. The van der Waals surface area contributed by atoms with Crippen molar-refractivity contribution in [2.24, 2.45) is 16.2 Å². The first kappa shape index (κ1) is 14.1. The molecule has 1 aromatic carbocycles. The average Bonchev–Trinajstić information content (AvgIpc) is 2.42. The minimum absolute atomic E-state index is 0.321. The Balaban J connectivity index is 2.58. The highest BCUT2D eigenvalue weighted by molar-refractivity contribution is 5.93. The lowest BCUT2D eigenvalue weighted by Gasteiger charge is -2.09. The zero-order valence-corrected chi connectivity index (χ0v) is 10.8. The second kappa shape index (κ2) is 7.39. The monoisotopic (exact) mass is 249 g/mol. The fourth-order valence-electron chi connectivity index (χ4n) is 1.32. The SMILES string of the molecule is CCCCN(C)N=Nc1ccc(C(=O)NN)cc1. The van der Waals surface area contributed by atoms with Crippen LogP contribution in [0, 0.1) is 0 Å². The lowest BCUT2D eigenvalue weighted by molar-refractivity contribution is 0.0953. The maximum absolute atomic E-state index is 11.2. The molecule has 6 heteroatoms. The molecule has 0 aromatic heterocycles. The summed E-state index contributed by atoms with van der Waals surface area (Å²) in [7, 11) is 1.88. The Kier molecular flexibility index (Phi) is 5.79. The minimum atomic E-state index is -0.321. The number of hydrogen-bond donors (Lipinski definition) is 2. The van der Waals surface area contributed by atoms with Gasteiger partial charge < -0.3 is 0 Å². The van der Waals surface area contributed by atoms with Gasteiger partial charge in [0, 0.05) is 19.2 Å². The molecule has 0 unspecified atom stereocenters. The van der Waals surface area contributed by atoms with E-state index in [1.165, 1.54) is 0 Å². The van der Waals surface area contributed by atoms with Crippen molar-refractivity contribution in [3.05, 3.63) is 29.8 Å². The van der Waals surface area contributed by atoms with Gasteiger partial charge in [0.1, 0.15) is 0 Å². The van der Waals surface area contributed by atoms with Gasteiger partial charge in [-0.25, -0.2) is 5.84 Å². The molecule has 6 nitrogen and oxygen atoms in total. The van der Waals surface area contributed by atoms with Crippen molar-refractivity contribution in [3.63, 3.8) is 0 Å². The molecule has 0 aliphatic heterocycles. The summed E-state index contributed by atoms with van der Waals surface area (Å²) in [5.41, 5.74) is 3.27. The van der Waals surface area contributed by atoms with Crippen molar-refractivity contribution in [2.45, 2.75) is 19.8 Å². The van der Waals surface area contributed by atoms with Gasteiger partial charge in [0.05, 0.1) is 5.69 Å². The predicted octanol–water partition coefficient (Wildman–Crippen LogP) is 2.02. The van der Waals surface area contributed by atoms with Gasteiger partial charge >= 0.3 is 0 Å². The summed E-state index contributed by atoms with van der Waals surface area (Å²) in [6, 6.07) is 6.76. The van der Waals surface area contributed by atoms with E-state index in [2.05, 4.69) is 22.7 Å². The van der Waals surface area contributed by atoms with Crippen molar-refractivity contribution in [3.8, 4) is 0 Å². The highest BCUT2D eigenvalue weighted by atomic mass is 16.2. The van der Waals surface area contributed by atoms with E-state index in [9.17, 15) is 4.79 Å². The second-order valence-corrected chi connectivity index (χ2v) is 3.94. The van der Waals surface area contributed by atoms with E-state index in [-0.39, 0.29) is 5.91 Å². The Labute approximate surface area is 107 Å². The third-order valence-corrected chi connectivity index (χ3v) is 2.41. The van der Waals surface area contributed by atoms with Crippen molar-refractivity contribution >= 4 is 11.6 Å². The largest absolute Gasteiger partial charge is 0.290 e. The molecule has 0 saturated heterocycles. The van der Waals surface area contributed by atoms with E-state index in [0.29, 0.717) is 11.3 Å². The molecule has 18 heavy (non-hydrogen) atoms. The molecule has 0 radical (unpaired) electrons. The number of nitrogens with two attached hydrogens (primary N) is 1. The maximum Gasteiger partial charge on any atom is 0.265 e. The Bertz CT molecular complexity index is 401. The zero-order valence-electron chi connectivity index (χ0n) is 10.8. The Morgan fingerprint density at radius 2 is 2.06 bits per heavy atom. The molecule has 1 aromatic rings. The number of unbranched alkanes of at least 4 members (excludes halogenated alkanes) is 1. The summed E-state index contributed by atoms with van der Waals surface area (Å²) in [6.07, 6.45) is 2.22. The molecule has 0 fully saturated rings. The molecule has 0 aliphatic rings. The van der Waals surface area contributed by atoms with Gasteiger partial charge in [-0.3, -0.25) is 15.2 Å². The van der Waals surface area contributed by atoms with Gasteiger partial charge in [-0.1, -0.05) is 18.6 Å². The topological polar surface area (TPSA) is 83.1 Å². The quantitative estimate of drug-likeness (QED) is 0.350. The van der Waals surface area contributed by atoms with Crippen molar-refractivity contribution in [1.29, 1.82) is 0 Å². The van der Waals surface area contributed by atoms with E-state index in [4.69, 9.17) is 5.84 Å². The molecule has 0 bridgehead atoms. The summed E-state index contributed by atoms with van der Waals surface area (Å²) < 4.78 is 0. The van der Waals surface area contributed by atoms with E-state index in [1.807, 2.05) is 7.05 Å². The molecule has 0 aliphatic carbocycles. The zero-order chi connectivity index (χ0) is 13.4. The number of benzene rings is 1. The first-order valence-corrected chi connectivity index (χ1v) is 5.91. The number of carbonyl (C=O) groups is 1. The normalized spacial score (nSPS) is 10.6. The predicted molar refractivity (Wildman–Crippen MR) is 70.1 cm³/mol. The van der Waals surface area contributed by atoms with Crippen LogP contribution in [0.1, 0.15) is 30.1 Å². The third kappa shape index (κ3) is 4.50. The van der Waals surface area contributed by atoms with Crippen LogP contribution >= 0.6 is 0 Å². The fraction of sp³-hybridized carbons (Fsp3) is 0.417. The van der Waals surface area contributed by atoms with Gasteiger partial charge in [0.15, 0.2) is 0 Å². The number of nitrogen functional groups attached to an aromatic ring is 1. The molecule has 98 valence electrons.